The Balaban J connectivity index is 2.05. The van der Waals surface area contributed by atoms with Crippen molar-refractivity contribution in [2.75, 3.05) is 32.7 Å². The van der Waals surface area contributed by atoms with Gasteiger partial charge in [-0.3, -0.25) is 9.69 Å². The Bertz CT molecular complexity index is 643. The maximum absolute atomic E-state index is 14.3. The summed E-state index contributed by atoms with van der Waals surface area (Å²) in [5, 5.41) is 11.6. The van der Waals surface area contributed by atoms with Crippen molar-refractivity contribution in [3.05, 3.63) is 29.3 Å². The molecule has 7 nitrogen and oxygen atoms in total. The first-order valence-corrected chi connectivity index (χ1v) is 8.41. The smallest absolute Gasteiger partial charge is 0.407 e. The fraction of sp³-hybridized carbons (Fsp3) is 0.588. The number of carbonyl (C=O) groups is 2. The van der Waals surface area contributed by atoms with Gasteiger partial charge in [0.15, 0.2) is 0 Å². The van der Waals surface area contributed by atoms with Gasteiger partial charge in [0.1, 0.15) is 5.69 Å². The second kappa shape index (κ2) is 7.77. The van der Waals surface area contributed by atoms with Crippen LogP contribution in [0.3, 0.4) is 0 Å². The zero-order valence-corrected chi connectivity index (χ0v) is 14.9. The fourth-order valence-electron chi connectivity index (χ4n) is 3.05. The number of piperazine rings is 1. The minimum Gasteiger partial charge on any atom is -0.465 e. The van der Waals surface area contributed by atoms with Gasteiger partial charge < -0.3 is 15.3 Å². The van der Waals surface area contributed by atoms with Crippen molar-refractivity contribution in [3.8, 4) is 0 Å². The van der Waals surface area contributed by atoms with E-state index in [0.717, 1.165) is 0 Å². The zero-order chi connectivity index (χ0) is 18.6. The Morgan fingerprint density at radius 1 is 1.28 bits per heavy atom. The Morgan fingerprint density at radius 2 is 1.92 bits per heavy atom. The number of pyridine rings is 1. The number of nitrogens with one attached hydrogen (secondary N) is 1. The van der Waals surface area contributed by atoms with Crippen molar-refractivity contribution in [2.45, 2.75) is 32.7 Å². The molecule has 138 valence electrons. The van der Waals surface area contributed by atoms with Crippen molar-refractivity contribution in [2.24, 2.45) is 0 Å². The second-order valence-corrected chi connectivity index (χ2v) is 6.75. The van der Waals surface area contributed by atoms with Crippen LogP contribution in [-0.4, -0.2) is 70.2 Å². The van der Waals surface area contributed by atoms with Crippen molar-refractivity contribution in [1.82, 2.24) is 20.1 Å². The van der Waals surface area contributed by atoms with E-state index in [1.54, 1.807) is 13.0 Å². The number of carboxylic acid groups (broad SMARTS) is 1. The average molecular weight is 352 g/mol. The maximum Gasteiger partial charge on any atom is 0.407 e. The van der Waals surface area contributed by atoms with Gasteiger partial charge in [-0.2, -0.15) is 4.39 Å². The summed E-state index contributed by atoms with van der Waals surface area (Å²) < 4.78 is 14.3. The second-order valence-electron chi connectivity index (χ2n) is 6.75. The van der Waals surface area contributed by atoms with Gasteiger partial charge >= 0.3 is 6.09 Å². The van der Waals surface area contributed by atoms with E-state index in [2.05, 4.69) is 15.2 Å². The predicted octanol–water partition coefficient (Wildman–Crippen LogP) is 1.59. The van der Waals surface area contributed by atoms with Gasteiger partial charge in [-0.25, -0.2) is 9.78 Å². The molecule has 1 fully saturated rings. The summed E-state index contributed by atoms with van der Waals surface area (Å²) in [6.45, 7) is 8.33. The van der Waals surface area contributed by atoms with E-state index in [1.165, 1.54) is 11.0 Å². The van der Waals surface area contributed by atoms with Crippen molar-refractivity contribution in [1.29, 1.82) is 0 Å². The highest BCUT2D eigenvalue weighted by Gasteiger charge is 2.32. The molecule has 0 bridgehead atoms. The number of hydrogen-bond acceptors (Lipinski definition) is 4. The summed E-state index contributed by atoms with van der Waals surface area (Å²) in [6, 6.07) is 3.13. The fourth-order valence-corrected chi connectivity index (χ4v) is 3.05. The Kier molecular flexibility index (Phi) is 5.94. The Hall–Kier alpha value is -2.22. The molecule has 2 rings (SSSR count). The quantitative estimate of drug-likeness (QED) is 0.786. The van der Waals surface area contributed by atoms with Gasteiger partial charge in [0.2, 0.25) is 5.95 Å². The summed E-state index contributed by atoms with van der Waals surface area (Å²) in [5.41, 5.74) is 0.162. The third kappa shape index (κ3) is 4.66. The van der Waals surface area contributed by atoms with E-state index in [1.807, 2.05) is 13.8 Å². The summed E-state index contributed by atoms with van der Waals surface area (Å²) in [5.74, 6) is -1.03. The molecule has 0 unspecified atom stereocenters. The molecular formula is C17H25FN4O3. The summed E-state index contributed by atoms with van der Waals surface area (Å²) in [6.07, 6.45) is -0.483. The number of nitrogens with zero attached hydrogens (tertiary/aromatic N) is 3. The molecule has 2 N–H and O–H groups in total. The van der Waals surface area contributed by atoms with Crippen LogP contribution >= 0.6 is 0 Å². The third-order valence-electron chi connectivity index (χ3n) is 4.53. The lowest BCUT2D eigenvalue weighted by molar-refractivity contribution is 0.0510. The molecule has 25 heavy (non-hydrogen) atoms. The highest BCUT2D eigenvalue weighted by Crippen LogP contribution is 2.23. The van der Waals surface area contributed by atoms with Gasteiger partial charge in [0, 0.05) is 43.8 Å². The predicted molar refractivity (Wildman–Crippen MR) is 91.2 cm³/mol. The lowest BCUT2D eigenvalue weighted by Gasteiger charge is -2.43. The maximum atomic E-state index is 14.3. The molecular weight excluding hydrogens is 327 g/mol. The van der Waals surface area contributed by atoms with Crippen molar-refractivity contribution in [3.63, 3.8) is 0 Å². The first kappa shape index (κ1) is 19.1. The molecule has 0 atom stereocenters. The summed E-state index contributed by atoms with van der Waals surface area (Å²) in [7, 11) is 0. The molecule has 0 aromatic carbocycles. The van der Waals surface area contributed by atoms with Crippen LogP contribution in [0.1, 0.15) is 36.8 Å². The molecule has 1 aliphatic heterocycles. The molecule has 0 aliphatic carbocycles. The van der Waals surface area contributed by atoms with Gasteiger partial charge in [0.25, 0.3) is 5.91 Å². The molecule has 0 saturated carbocycles. The minimum absolute atomic E-state index is 0.0657. The van der Waals surface area contributed by atoms with Crippen LogP contribution < -0.4 is 5.32 Å². The first-order valence-electron chi connectivity index (χ1n) is 8.41. The topological polar surface area (TPSA) is 85.8 Å². The van der Waals surface area contributed by atoms with Crippen molar-refractivity contribution >= 4 is 12.0 Å². The van der Waals surface area contributed by atoms with Crippen LogP contribution in [0.5, 0.6) is 0 Å². The molecule has 8 heteroatoms. The van der Waals surface area contributed by atoms with E-state index in [9.17, 15) is 14.0 Å². The van der Waals surface area contributed by atoms with E-state index in [-0.39, 0.29) is 11.2 Å². The van der Waals surface area contributed by atoms with Crippen LogP contribution in [0, 0.1) is 5.95 Å². The van der Waals surface area contributed by atoms with E-state index in [4.69, 9.17) is 5.11 Å². The number of hydrogen-bond donors (Lipinski definition) is 2. The first-order chi connectivity index (χ1) is 11.7. The number of halogens is 1. The largest absolute Gasteiger partial charge is 0.465 e. The molecule has 2 amide bonds. The van der Waals surface area contributed by atoms with Gasteiger partial charge in [0.05, 0.1) is 0 Å². The Labute approximate surface area is 146 Å². The lowest BCUT2D eigenvalue weighted by Crippen LogP contribution is -2.56. The minimum atomic E-state index is -0.909. The van der Waals surface area contributed by atoms with Crippen LogP contribution in [0.15, 0.2) is 12.1 Å². The van der Waals surface area contributed by atoms with Gasteiger partial charge in [-0.1, -0.05) is 6.07 Å². The highest BCUT2D eigenvalue weighted by molar-refractivity contribution is 5.92. The van der Waals surface area contributed by atoms with Crippen LogP contribution in [0.2, 0.25) is 0 Å². The SMILES string of the molecule is CCNC(=O)c1ccc(CC(C)(C)N2CCN(C(=O)O)CC2)c(F)n1. The summed E-state index contributed by atoms with van der Waals surface area (Å²) in [4.78, 5) is 30.0. The van der Waals surface area contributed by atoms with Crippen LogP contribution in [0.4, 0.5) is 9.18 Å². The number of rotatable bonds is 5. The zero-order valence-electron chi connectivity index (χ0n) is 14.9. The molecule has 2 heterocycles. The molecule has 1 aliphatic rings. The summed E-state index contributed by atoms with van der Waals surface area (Å²) >= 11 is 0. The third-order valence-corrected chi connectivity index (χ3v) is 4.53. The lowest BCUT2D eigenvalue weighted by atomic mass is 9.92. The van der Waals surface area contributed by atoms with Gasteiger partial charge in [-0.05, 0) is 33.3 Å². The number of aromatic nitrogens is 1. The highest BCUT2D eigenvalue weighted by atomic mass is 19.1. The van der Waals surface area contributed by atoms with Crippen molar-refractivity contribution < 1.29 is 19.1 Å². The van der Waals surface area contributed by atoms with Crippen LogP contribution in [0.25, 0.3) is 0 Å². The molecule has 0 spiro atoms. The molecule has 0 radical (unpaired) electrons. The monoisotopic (exact) mass is 352 g/mol. The Morgan fingerprint density at radius 3 is 2.44 bits per heavy atom. The average Bonchev–Trinajstić information content (AvgIpc) is 2.57. The molecule has 1 aromatic heterocycles. The standard InChI is InChI=1S/C17H25FN4O3/c1-4-19-15(23)13-6-5-12(14(18)20-13)11-17(2,3)22-9-7-21(8-10-22)16(24)25/h5-6H,4,7-11H2,1-3H3,(H,19,23)(H,24,25). The number of amides is 2. The molecule has 1 saturated heterocycles. The van der Waals surface area contributed by atoms with E-state index in [0.29, 0.717) is 44.7 Å². The number of carbonyl (C=O) groups excluding carboxylic acids is 1. The van der Waals surface area contributed by atoms with E-state index >= 15 is 0 Å². The normalized spacial score (nSPS) is 15.9. The van der Waals surface area contributed by atoms with Gasteiger partial charge in [-0.15, -0.1) is 0 Å². The van der Waals surface area contributed by atoms with E-state index < -0.39 is 17.9 Å². The van der Waals surface area contributed by atoms with Crippen LogP contribution in [-0.2, 0) is 6.42 Å². The molecule has 1 aromatic rings.